The molecular weight excluding hydrogens is 200 g/mol. The van der Waals surface area contributed by atoms with Crippen LogP contribution in [0, 0.1) is 0 Å². The molecule has 0 aliphatic carbocycles. The van der Waals surface area contributed by atoms with E-state index >= 15 is 0 Å². The summed E-state index contributed by atoms with van der Waals surface area (Å²) in [4.78, 5) is 15.3. The molecule has 0 bridgehead atoms. The van der Waals surface area contributed by atoms with Gasteiger partial charge in [-0.2, -0.15) is 0 Å². The summed E-state index contributed by atoms with van der Waals surface area (Å²) in [6.07, 6.45) is 0.532. The van der Waals surface area contributed by atoms with Crippen LogP contribution in [0.2, 0.25) is 0 Å². The van der Waals surface area contributed by atoms with Gasteiger partial charge in [-0.3, -0.25) is 4.57 Å². The van der Waals surface area contributed by atoms with Crippen molar-refractivity contribution in [3.63, 3.8) is 0 Å². The topological polar surface area (TPSA) is 88.5 Å². The van der Waals surface area contributed by atoms with Crippen LogP contribution in [-0.4, -0.2) is 32.5 Å². The van der Waals surface area contributed by atoms with Gasteiger partial charge in [-0.05, 0) is 12.1 Å². The molecule has 2 N–H and O–H groups in total. The van der Waals surface area contributed by atoms with Crippen molar-refractivity contribution in [1.82, 2.24) is 9.55 Å². The Bertz CT molecular complexity index is 516. The van der Waals surface area contributed by atoms with Crippen LogP contribution in [0.15, 0.2) is 27.5 Å². The quantitative estimate of drug-likeness (QED) is 0.702. The standard InChI is InChI=1S/C9H10N2O4/c12-5-6(13)4-11-8-7(15-9(11)14)2-1-3-10-8/h1-3,6,12-13H,4-5H2. The van der Waals surface area contributed by atoms with Crippen LogP contribution in [0.3, 0.4) is 0 Å². The normalized spacial score (nSPS) is 13.2. The molecule has 15 heavy (non-hydrogen) atoms. The molecule has 6 heteroatoms. The summed E-state index contributed by atoms with van der Waals surface area (Å²) in [7, 11) is 0. The lowest BCUT2D eigenvalue weighted by molar-refractivity contribution is 0.0803. The number of aliphatic hydroxyl groups excluding tert-OH is 2. The first-order valence-electron chi connectivity index (χ1n) is 4.45. The Hall–Kier alpha value is -1.66. The maximum Gasteiger partial charge on any atom is 0.421 e. The Morgan fingerprint density at radius 2 is 2.40 bits per heavy atom. The summed E-state index contributed by atoms with van der Waals surface area (Å²) in [5.41, 5.74) is 0.739. The number of rotatable bonds is 3. The van der Waals surface area contributed by atoms with Crippen molar-refractivity contribution < 1.29 is 14.6 Å². The predicted octanol–water partition coefficient (Wildman–Crippen LogP) is -0.657. The minimum Gasteiger partial charge on any atom is -0.406 e. The minimum absolute atomic E-state index is 0.0284. The zero-order valence-corrected chi connectivity index (χ0v) is 7.83. The third-order valence-corrected chi connectivity index (χ3v) is 2.03. The van der Waals surface area contributed by atoms with Gasteiger partial charge in [0, 0.05) is 6.20 Å². The molecular formula is C9H10N2O4. The molecule has 0 aliphatic rings. The molecule has 80 valence electrons. The Labute approximate surface area is 84.4 Å². The van der Waals surface area contributed by atoms with Gasteiger partial charge in [0.2, 0.25) is 0 Å². The van der Waals surface area contributed by atoms with E-state index in [0.29, 0.717) is 11.2 Å². The molecule has 0 saturated carbocycles. The van der Waals surface area contributed by atoms with Crippen molar-refractivity contribution in [3.05, 3.63) is 28.9 Å². The molecule has 1 unspecified atom stereocenters. The minimum atomic E-state index is -0.995. The number of oxazole rings is 1. The van der Waals surface area contributed by atoms with Crippen molar-refractivity contribution in [2.45, 2.75) is 12.6 Å². The van der Waals surface area contributed by atoms with Crippen molar-refractivity contribution >= 4 is 11.2 Å². The summed E-state index contributed by atoms with van der Waals surface area (Å²) in [5.74, 6) is -0.587. The fourth-order valence-electron chi connectivity index (χ4n) is 1.33. The van der Waals surface area contributed by atoms with E-state index in [1.807, 2.05) is 0 Å². The predicted molar refractivity (Wildman–Crippen MR) is 51.4 cm³/mol. The van der Waals surface area contributed by atoms with Crippen LogP contribution in [0.25, 0.3) is 11.2 Å². The third kappa shape index (κ3) is 1.77. The zero-order chi connectivity index (χ0) is 10.8. The van der Waals surface area contributed by atoms with Gasteiger partial charge >= 0.3 is 5.76 Å². The zero-order valence-electron chi connectivity index (χ0n) is 7.83. The Morgan fingerprint density at radius 3 is 3.13 bits per heavy atom. The summed E-state index contributed by atoms with van der Waals surface area (Å²) in [6.45, 7) is -0.439. The van der Waals surface area contributed by atoms with Crippen LogP contribution in [0.4, 0.5) is 0 Å². The number of hydrogen-bond donors (Lipinski definition) is 2. The molecule has 2 rings (SSSR count). The Balaban J connectivity index is 2.50. The number of hydrogen-bond acceptors (Lipinski definition) is 5. The van der Waals surface area contributed by atoms with Gasteiger partial charge in [0.05, 0.1) is 19.3 Å². The van der Waals surface area contributed by atoms with E-state index in [1.165, 1.54) is 10.8 Å². The van der Waals surface area contributed by atoms with Gasteiger partial charge in [-0.15, -0.1) is 0 Å². The fraction of sp³-hybridized carbons (Fsp3) is 0.333. The van der Waals surface area contributed by atoms with Crippen LogP contribution in [-0.2, 0) is 6.54 Å². The van der Waals surface area contributed by atoms with Gasteiger partial charge in [-0.25, -0.2) is 9.78 Å². The van der Waals surface area contributed by atoms with E-state index in [1.54, 1.807) is 12.1 Å². The maximum atomic E-state index is 11.4. The van der Waals surface area contributed by atoms with E-state index < -0.39 is 18.5 Å². The second-order valence-electron chi connectivity index (χ2n) is 3.14. The van der Waals surface area contributed by atoms with E-state index in [0.717, 1.165) is 0 Å². The van der Waals surface area contributed by atoms with Gasteiger partial charge in [0.15, 0.2) is 11.2 Å². The lowest BCUT2D eigenvalue weighted by atomic mass is 10.3. The van der Waals surface area contributed by atoms with E-state index in [2.05, 4.69) is 4.98 Å². The smallest absolute Gasteiger partial charge is 0.406 e. The average Bonchev–Trinajstić information content (AvgIpc) is 2.55. The fourth-order valence-corrected chi connectivity index (χ4v) is 1.33. The van der Waals surface area contributed by atoms with Gasteiger partial charge in [-0.1, -0.05) is 0 Å². The first kappa shape index (κ1) is 9.88. The second kappa shape index (κ2) is 3.84. The number of pyridine rings is 1. The molecule has 0 saturated heterocycles. The molecule has 2 aromatic heterocycles. The summed E-state index contributed by atoms with van der Waals surface area (Å²) >= 11 is 0. The first-order chi connectivity index (χ1) is 7.22. The number of aliphatic hydroxyl groups is 2. The molecule has 6 nitrogen and oxygen atoms in total. The van der Waals surface area contributed by atoms with Gasteiger partial charge in [0.25, 0.3) is 0 Å². The largest absolute Gasteiger partial charge is 0.421 e. The van der Waals surface area contributed by atoms with E-state index in [-0.39, 0.29) is 6.54 Å². The molecule has 0 fully saturated rings. The third-order valence-electron chi connectivity index (χ3n) is 2.03. The molecule has 2 heterocycles. The summed E-state index contributed by atoms with van der Waals surface area (Å²) < 4.78 is 6.09. The molecule has 0 radical (unpaired) electrons. The lowest BCUT2D eigenvalue weighted by Gasteiger charge is -2.05. The molecule has 2 aromatic rings. The molecule has 0 spiro atoms. The first-order valence-corrected chi connectivity index (χ1v) is 4.45. The second-order valence-corrected chi connectivity index (χ2v) is 3.14. The van der Waals surface area contributed by atoms with Crippen LogP contribution >= 0.6 is 0 Å². The molecule has 0 amide bonds. The van der Waals surface area contributed by atoms with Crippen LogP contribution in [0.5, 0.6) is 0 Å². The van der Waals surface area contributed by atoms with Crippen LogP contribution in [0.1, 0.15) is 0 Å². The summed E-state index contributed by atoms with van der Waals surface area (Å²) in [6, 6.07) is 3.27. The van der Waals surface area contributed by atoms with Crippen molar-refractivity contribution in [1.29, 1.82) is 0 Å². The highest BCUT2D eigenvalue weighted by atomic mass is 16.4. The number of nitrogens with zero attached hydrogens (tertiary/aromatic N) is 2. The van der Waals surface area contributed by atoms with Crippen molar-refractivity contribution in [2.75, 3.05) is 6.61 Å². The SMILES string of the molecule is O=c1oc2cccnc2n1CC(O)CO. The van der Waals surface area contributed by atoms with Crippen molar-refractivity contribution in [3.8, 4) is 0 Å². The number of aromatic nitrogens is 2. The summed E-state index contributed by atoms with van der Waals surface area (Å²) in [5, 5.41) is 17.9. The lowest BCUT2D eigenvalue weighted by Crippen LogP contribution is -2.26. The Morgan fingerprint density at radius 1 is 1.60 bits per heavy atom. The van der Waals surface area contributed by atoms with E-state index in [9.17, 15) is 9.90 Å². The highest BCUT2D eigenvalue weighted by Gasteiger charge is 2.12. The van der Waals surface area contributed by atoms with Crippen LogP contribution < -0.4 is 5.76 Å². The molecule has 0 aromatic carbocycles. The van der Waals surface area contributed by atoms with E-state index in [4.69, 9.17) is 9.52 Å². The maximum absolute atomic E-state index is 11.4. The molecule has 1 atom stereocenters. The van der Waals surface area contributed by atoms with Crippen molar-refractivity contribution in [2.24, 2.45) is 0 Å². The highest BCUT2D eigenvalue weighted by Crippen LogP contribution is 2.08. The highest BCUT2D eigenvalue weighted by molar-refractivity contribution is 5.67. The monoisotopic (exact) mass is 210 g/mol. The Kier molecular flexibility index (Phi) is 2.53. The molecule has 0 aliphatic heterocycles. The average molecular weight is 210 g/mol. The van der Waals surface area contributed by atoms with Gasteiger partial charge in [0.1, 0.15) is 0 Å². The number of fused-ring (bicyclic) bond motifs is 1. The van der Waals surface area contributed by atoms with Gasteiger partial charge < -0.3 is 14.6 Å².